The van der Waals surface area contributed by atoms with Gasteiger partial charge in [0, 0.05) is 6.54 Å². The van der Waals surface area contributed by atoms with Crippen LogP contribution in [0.5, 0.6) is 0 Å². The minimum Gasteiger partial charge on any atom is -0.444 e. The molecule has 1 fully saturated rings. The van der Waals surface area contributed by atoms with Crippen LogP contribution in [0.25, 0.3) is 0 Å². The molecule has 0 spiro atoms. The van der Waals surface area contributed by atoms with Crippen molar-refractivity contribution in [2.24, 2.45) is 0 Å². The smallest absolute Gasteiger partial charge is 0.407 e. The Kier molecular flexibility index (Phi) is 7.17. The summed E-state index contributed by atoms with van der Waals surface area (Å²) in [5, 5.41) is 6.25. The van der Waals surface area contributed by atoms with Gasteiger partial charge in [0.05, 0.1) is 0 Å². The topological polar surface area (TPSA) is 50.4 Å². The largest absolute Gasteiger partial charge is 0.444 e. The van der Waals surface area contributed by atoms with E-state index in [1.807, 2.05) is 26.8 Å². The molecule has 0 atom stereocenters. The van der Waals surface area contributed by atoms with Gasteiger partial charge in [-0.25, -0.2) is 4.79 Å². The summed E-state index contributed by atoms with van der Waals surface area (Å²) >= 11 is 0. The van der Waals surface area contributed by atoms with Crippen LogP contribution in [0.3, 0.4) is 0 Å². The lowest BCUT2D eigenvalue weighted by Gasteiger charge is -2.25. The summed E-state index contributed by atoms with van der Waals surface area (Å²) in [7, 11) is 0. The lowest BCUT2D eigenvalue weighted by molar-refractivity contribution is 0.0523. The minimum absolute atomic E-state index is 0. The Hall–Kier alpha value is -1.26. The number of alkyl carbamates (subject to hydrolysis) is 1. The van der Waals surface area contributed by atoms with E-state index >= 15 is 0 Å². The van der Waals surface area contributed by atoms with Crippen LogP contribution in [0, 0.1) is 0 Å². The molecule has 0 bridgehead atoms. The van der Waals surface area contributed by atoms with Gasteiger partial charge in [0.1, 0.15) is 5.60 Å². The first kappa shape index (κ1) is 18.8. The number of amides is 1. The highest BCUT2D eigenvalue weighted by atomic mass is 35.5. The van der Waals surface area contributed by atoms with Crippen molar-refractivity contribution in [3.05, 3.63) is 35.4 Å². The highest BCUT2D eigenvalue weighted by Gasteiger charge is 2.19. The molecule has 4 nitrogen and oxygen atoms in total. The van der Waals surface area contributed by atoms with Crippen LogP contribution in [0.2, 0.25) is 0 Å². The molecule has 1 heterocycles. The molecule has 0 unspecified atom stereocenters. The Morgan fingerprint density at radius 2 is 1.91 bits per heavy atom. The van der Waals surface area contributed by atoms with Gasteiger partial charge in [0.15, 0.2) is 0 Å². The molecule has 2 N–H and O–H groups in total. The van der Waals surface area contributed by atoms with Gasteiger partial charge in [0.2, 0.25) is 0 Å². The molecular formula is C17H27ClN2O2. The number of carbonyl (C=O) groups is 1. The van der Waals surface area contributed by atoms with Crippen LogP contribution >= 0.6 is 12.4 Å². The third-order valence-electron chi connectivity index (χ3n) is 3.66. The van der Waals surface area contributed by atoms with Crippen LogP contribution in [0.1, 0.15) is 50.7 Å². The molecule has 5 heteroatoms. The van der Waals surface area contributed by atoms with Crippen molar-refractivity contribution in [1.29, 1.82) is 0 Å². The number of piperidine rings is 1. The van der Waals surface area contributed by atoms with E-state index in [1.165, 1.54) is 11.1 Å². The SMILES string of the molecule is CC(C)(C)OC(=O)NCc1ccccc1C1CCNCC1.Cl. The standard InChI is InChI=1S/C17H26N2O2.ClH/c1-17(2,3)21-16(20)19-12-14-6-4-5-7-15(14)13-8-10-18-11-9-13;/h4-7,13,18H,8-12H2,1-3H3,(H,19,20);1H. The number of halogens is 1. The van der Waals surface area contributed by atoms with Crippen LogP contribution < -0.4 is 10.6 Å². The Balaban J connectivity index is 0.00000242. The number of hydrogen-bond acceptors (Lipinski definition) is 3. The zero-order valence-corrected chi connectivity index (χ0v) is 14.5. The molecule has 1 amide bonds. The summed E-state index contributed by atoms with van der Waals surface area (Å²) in [6.07, 6.45) is 1.95. The molecule has 1 aliphatic rings. The summed E-state index contributed by atoms with van der Waals surface area (Å²) in [6, 6.07) is 8.38. The molecule has 0 aromatic heterocycles. The van der Waals surface area contributed by atoms with Crippen molar-refractivity contribution in [1.82, 2.24) is 10.6 Å². The van der Waals surface area contributed by atoms with Gasteiger partial charge in [-0.1, -0.05) is 24.3 Å². The van der Waals surface area contributed by atoms with E-state index in [0.29, 0.717) is 12.5 Å². The Morgan fingerprint density at radius 1 is 1.27 bits per heavy atom. The quantitative estimate of drug-likeness (QED) is 0.892. The van der Waals surface area contributed by atoms with Gasteiger partial charge < -0.3 is 15.4 Å². The molecule has 0 saturated carbocycles. The van der Waals surface area contributed by atoms with E-state index in [1.54, 1.807) is 0 Å². The molecule has 0 radical (unpaired) electrons. The van der Waals surface area contributed by atoms with Crippen molar-refractivity contribution >= 4 is 18.5 Å². The first-order chi connectivity index (χ1) is 9.96. The average molecular weight is 327 g/mol. The second-order valence-electron chi connectivity index (χ2n) is 6.58. The summed E-state index contributed by atoms with van der Waals surface area (Å²) < 4.78 is 5.28. The fourth-order valence-electron chi connectivity index (χ4n) is 2.71. The van der Waals surface area contributed by atoms with Crippen molar-refractivity contribution in [2.75, 3.05) is 13.1 Å². The highest BCUT2D eigenvalue weighted by Crippen LogP contribution is 2.28. The van der Waals surface area contributed by atoms with E-state index in [-0.39, 0.29) is 18.5 Å². The number of ether oxygens (including phenoxy) is 1. The van der Waals surface area contributed by atoms with Crippen LogP contribution in [0.15, 0.2) is 24.3 Å². The first-order valence-corrected chi connectivity index (χ1v) is 7.71. The zero-order valence-electron chi connectivity index (χ0n) is 13.6. The highest BCUT2D eigenvalue weighted by molar-refractivity contribution is 5.85. The van der Waals surface area contributed by atoms with Crippen LogP contribution in [-0.4, -0.2) is 24.8 Å². The Bertz CT molecular complexity index is 480. The van der Waals surface area contributed by atoms with Gasteiger partial charge in [-0.15, -0.1) is 12.4 Å². The molecule has 1 saturated heterocycles. The van der Waals surface area contributed by atoms with Crippen molar-refractivity contribution in [3.8, 4) is 0 Å². The number of nitrogens with one attached hydrogen (secondary N) is 2. The molecule has 22 heavy (non-hydrogen) atoms. The van der Waals surface area contributed by atoms with E-state index in [0.717, 1.165) is 25.9 Å². The van der Waals surface area contributed by atoms with Gasteiger partial charge >= 0.3 is 6.09 Å². The number of rotatable bonds is 3. The van der Waals surface area contributed by atoms with E-state index in [9.17, 15) is 4.79 Å². The molecule has 124 valence electrons. The number of benzene rings is 1. The fraction of sp³-hybridized carbons (Fsp3) is 0.588. The third kappa shape index (κ3) is 5.85. The number of carbonyl (C=O) groups excluding carboxylic acids is 1. The maximum atomic E-state index is 11.8. The van der Waals surface area contributed by atoms with Gasteiger partial charge in [0.25, 0.3) is 0 Å². The first-order valence-electron chi connectivity index (χ1n) is 7.71. The van der Waals surface area contributed by atoms with E-state index in [2.05, 4.69) is 28.8 Å². The van der Waals surface area contributed by atoms with Gasteiger partial charge in [-0.3, -0.25) is 0 Å². The summed E-state index contributed by atoms with van der Waals surface area (Å²) in [5.41, 5.74) is 2.09. The molecular weight excluding hydrogens is 300 g/mol. The predicted molar refractivity (Wildman–Crippen MR) is 91.6 cm³/mol. The molecule has 1 aliphatic heterocycles. The Labute approximate surface area is 139 Å². The van der Waals surface area contributed by atoms with E-state index in [4.69, 9.17) is 4.74 Å². The maximum Gasteiger partial charge on any atom is 0.407 e. The summed E-state index contributed by atoms with van der Waals surface area (Å²) in [6.45, 7) is 8.27. The van der Waals surface area contributed by atoms with E-state index < -0.39 is 5.60 Å². The predicted octanol–water partition coefficient (Wildman–Crippen LogP) is 3.60. The maximum absolute atomic E-state index is 11.8. The van der Waals surface area contributed by atoms with Gasteiger partial charge in [-0.05, 0) is 63.7 Å². The summed E-state index contributed by atoms with van der Waals surface area (Å²) in [4.78, 5) is 11.8. The summed E-state index contributed by atoms with van der Waals surface area (Å²) in [5.74, 6) is 0.586. The zero-order chi connectivity index (χ0) is 15.3. The minimum atomic E-state index is -0.460. The lowest BCUT2D eigenvalue weighted by atomic mass is 9.87. The Morgan fingerprint density at radius 3 is 2.55 bits per heavy atom. The monoisotopic (exact) mass is 326 g/mol. The van der Waals surface area contributed by atoms with Crippen molar-refractivity contribution in [3.63, 3.8) is 0 Å². The van der Waals surface area contributed by atoms with Crippen LogP contribution in [-0.2, 0) is 11.3 Å². The molecule has 0 aliphatic carbocycles. The normalized spacial score (nSPS) is 15.8. The third-order valence-corrected chi connectivity index (χ3v) is 3.66. The van der Waals surface area contributed by atoms with Crippen LogP contribution in [0.4, 0.5) is 4.79 Å². The molecule has 1 aromatic carbocycles. The second-order valence-corrected chi connectivity index (χ2v) is 6.58. The average Bonchev–Trinajstić information content (AvgIpc) is 2.45. The van der Waals surface area contributed by atoms with Crippen molar-refractivity contribution < 1.29 is 9.53 Å². The second kappa shape index (κ2) is 8.39. The number of hydrogen-bond donors (Lipinski definition) is 2. The molecule has 2 rings (SSSR count). The van der Waals surface area contributed by atoms with Crippen molar-refractivity contribution in [2.45, 2.75) is 51.7 Å². The molecule has 1 aromatic rings. The lowest BCUT2D eigenvalue weighted by Crippen LogP contribution is -2.32. The van der Waals surface area contributed by atoms with Gasteiger partial charge in [-0.2, -0.15) is 0 Å². The fourth-order valence-corrected chi connectivity index (χ4v) is 2.71.